The van der Waals surface area contributed by atoms with Crippen molar-refractivity contribution in [3.63, 3.8) is 0 Å². The summed E-state index contributed by atoms with van der Waals surface area (Å²) in [5.74, 6) is -0.575. The molecule has 0 saturated heterocycles. The first-order chi connectivity index (χ1) is 7.11. The summed E-state index contributed by atoms with van der Waals surface area (Å²) in [6.07, 6.45) is 0.345. The number of methoxy groups -OCH3 is 1. The van der Waals surface area contributed by atoms with Crippen LogP contribution in [0.4, 0.5) is 4.39 Å². The first-order valence-corrected chi connectivity index (χ1v) is 4.88. The van der Waals surface area contributed by atoms with E-state index >= 15 is 0 Å². The van der Waals surface area contributed by atoms with Gasteiger partial charge in [-0.1, -0.05) is 17.7 Å². The predicted octanol–water partition coefficient (Wildman–Crippen LogP) is 1.87. The first kappa shape index (κ1) is 12.2. The molecule has 0 radical (unpaired) electrons. The highest BCUT2D eigenvalue weighted by atomic mass is 35.5. The summed E-state index contributed by atoms with van der Waals surface area (Å²) in [6.45, 7) is -0.0609. The molecule has 0 aliphatic carbocycles. The summed E-state index contributed by atoms with van der Waals surface area (Å²) in [6, 6.07) is 2.56. The van der Waals surface area contributed by atoms with Crippen molar-refractivity contribution in [2.75, 3.05) is 13.7 Å². The zero-order valence-electron chi connectivity index (χ0n) is 8.34. The van der Waals surface area contributed by atoms with E-state index < -0.39 is 11.9 Å². The highest BCUT2D eigenvalue weighted by Gasteiger charge is 2.17. The molecule has 0 heterocycles. The van der Waals surface area contributed by atoms with E-state index in [-0.39, 0.29) is 17.4 Å². The Balaban J connectivity index is 3.12. The Morgan fingerprint density at radius 3 is 2.80 bits per heavy atom. The number of benzene rings is 1. The monoisotopic (exact) mass is 233 g/mol. The zero-order chi connectivity index (χ0) is 11.4. The van der Waals surface area contributed by atoms with Gasteiger partial charge in [-0.25, -0.2) is 4.39 Å². The van der Waals surface area contributed by atoms with Crippen molar-refractivity contribution < 1.29 is 14.2 Å². The maximum atomic E-state index is 13.5. The minimum absolute atomic E-state index is 0.00759. The molecule has 0 aliphatic heterocycles. The van der Waals surface area contributed by atoms with Crippen LogP contribution in [0.2, 0.25) is 5.02 Å². The van der Waals surface area contributed by atoms with Crippen LogP contribution in [-0.4, -0.2) is 18.8 Å². The van der Waals surface area contributed by atoms with Crippen LogP contribution in [0.15, 0.2) is 12.1 Å². The Labute approximate surface area is 92.6 Å². The van der Waals surface area contributed by atoms with Crippen molar-refractivity contribution in [1.82, 2.24) is 0 Å². The van der Waals surface area contributed by atoms with Gasteiger partial charge < -0.3 is 15.6 Å². The van der Waals surface area contributed by atoms with Crippen LogP contribution in [0.25, 0.3) is 0 Å². The highest BCUT2D eigenvalue weighted by Crippen LogP contribution is 2.32. The second-order valence-electron chi connectivity index (χ2n) is 3.10. The smallest absolute Gasteiger partial charge is 0.183 e. The fraction of sp³-hybridized carbons (Fsp3) is 0.400. The van der Waals surface area contributed by atoms with Crippen molar-refractivity contribution in [3.8, 4) is 5.75 Å². The van der Waals surface area contributed by atoms with E-state index in [1.54, 1.807) is 6.07 Å². The molecule has 0 amide bonds. The molecule has 1 rings (SSSR count). The van der Waals surface area contributed by atoms with Crippen LogP contribution in [-0.2, 0) is 0 Å². The van der Waals surface area contributed by atoms with Gasteiger partial charge in [0.2, 0.25) is 0 Å². The molecule has 0 aliphatic rings. The fourth-order valence-electron chi connectivity index (χ4n) is 1.34. The largest absolute Gasteiger partial charge is 0.493 e. The summed E-state index contributed by atoms with van der Waals surface area (Å²) < 4.78 is 18.4. The molecule has 1 unspecified atom stereocenters. The lowest BCUT2D eigenvalue weighted by atomic mass is 10.0. The Bertz CT molecular complexity index is 346. The van der Waals surface area contributed by atoms with E-state index in [1.807, 2.05) is 0 Å². The van der Waals surface area contributed by atoms with Gasteiger partial charge in [-0.3, -0.25) is 0 Å². The van der Waals surface area contributed by atoms with E-state index in [0.717, 1.165) is 0 Å². The number of halogens is 2. The topological polar surface area (TPSA) is 55.5 Å². The molecule has 15 heavy (non-hydrogen) atoms. The van der Waals surface area contributed by atoms with Gasteiger partial charge in [0, 0.05) is 18.2 Å². The summed E-state index contributed by atoms with van der Waals surface area (Å²) in [5, 5.41) is 8.74. The number of rotatable bonds is 4. The fourth-order valence-corrected chi connectivity index (χ4v) is 1.49. The van der Waals surface area contributed by atoms with Crippen molar-refractivity contribution in [2.45, 2.75) is 12.5 Å². The van der Waals surface area contributed by atoms with E-state index in [2.05, 4.69) is 0 Å². The molecule has 0 fully saturated rings. The van der Waals surface area contributed by atoms with Gasteiger partial charge >= 0.3 is 0 Å². The lowest BCUT2D eigenvalue weighted by Crippen LogP contribution is -2.13. The van der Waals surface area contributed by atoms with Gasteiger partial charge in [0.15, 0.2) is 11.6 Å². The second kappa shape index (κ2) is 5.30. The molecule has 84 valence electrons. The van der Waals surface area contributed by atoms with E-state index in [4.69, 9.17) is 27.2 Å². The van der Waals surface area contributed by atoms with Gasteiger partial charge in [-0.15, -0.1) is 0 Å². The summed E-state index contributed by atoms with van der Waals surface area (Å²) in [4.78, 5) is 0. The molecule has 0 bridgehead atoms. The molecular weight excluding hydrogens is 221 g/mol. The van der Waals surface area contributed by atoms with Gasteiger partial charge in [0.25, 0.3) is 0 Å². The average molecular weight is 234 g/mol. The van der Waals surface area contributed by atoms with Crippen LogP contribution < -0.4 is 10.5 Å². The molecule has 3 N–H and O–H groups in total. The van der Waals surface area contributed by atoms with E-state index in [1.165, 1.54) is 13.2 Å². The molecule has 0 aromatic heterocycles. The number of nitrogens with two attached hydrogens (primary N) is 1. The van der Waals surface area contributed by atoms with Crippen LogP contribution >= 0.6 is 11.6 Å². The number of ether oxygens (including phenoxy) is 1. The standard InChI is InChI=1S/C10H13ClFNO2/c1-15-10-6(8(13)4-5-14)2-3-7(11)9(10)12/h2-3,8,14H,4-5,13H2,1H3. The van der Waals surface area contributed by atoms with Crippen LogP contribution in [0.3, 0.4) is 0 Å². The molecule has 3 nitrogen and oxygen atoms in total. The van der Waals surface area contributed by atoms with Crippen molar-refractivity contribution in [2.24, 2.45) is 5.73 Å². The van der Waals surface area contributed by atoms with Gasteiger partial charge in [-0.2, -0.15) is 0 Å². The summed E-state index contributed by atoms with van der Waals surface area (Å²) in [7, 11) is 1.35. The Morgan fingerprint density at radius 1 is 1.60 bits per heavy atom. The lowest BCUT2D eigenvalue weighted by Gasteiger charge is -2.15. The van der Waals surface area contributed by atoms with Crippen LogP contribution in [0.1, 0.15) is 18.0 Å². The number of aliphatic hydroxyl groups excluding tert-OH is 1. The summed E-state index contributed by atoms with van der Waals surface area (Å²) >= 11 is 5.60. The minimum atomic E-state index is -0.620. The third-order valence-corrected chi connectivity index (χ3v) is 2.42. The van der Waals surface area contributed by atoms with Gasteiger partial charge in [0.05, 0.1) is 12.1 Å². The average Bonchev–Trinajstić information content (AvgIpc) is 2.22. The Morgan fingerprint density at radius 2 is 2.27 bits per heavy atom. The third kappa shape index (κ3) is 2.59. The quantitative estimate of drug-likeness (QED) is 0.835. The minimum Gasteiger partial charge on any atom is -0.493 e. The first-order valence-electron chi connectivity index (χ1n) is 4.50. The maximum absolute atomic E-state index is 13.5. The van der Waals surface area contributed by atoms with Crippen molar-refractivity contribution in [1.29, 1.82) is 0 Å². The number of aliphatic hydroxyl groups is 1. The van der Waals surface area contributed by atoms with Crippen molar-refractivity contribution in [3.05, 3.63) is 28.5 Å². The van der Waals surface area contributed by atoms with Gasteiger partial charge in [-0.05, 0) is 12.5 Å². The number of hydrogen-bond acceptors (Lipinski definition) is 3. The normalized spacial score (nSPS) is 12.6. The molecule has 1 atom stereocenters. The maximum Gasteiger partial charge on any atom is 0.183 e. The molecular formula is C10H13ClFNO2. The molecule has 0 saturated carbocycles. The van der Waals surface area contributed by atoms with Gasteiger partial charge in [0.1, 0.15) is 0 Å². The molecule has 1 aromatic rings. The molecule has 0 spiro atoms. The van der Waals surface area contributed by atoms with Crippen molar-refractivity contribution >= 4 is 11.6 Å². The molecule has 1 aromatic carbocycles. The van der Waals surface area contributed by atoms with Crippen LogP contribution in [0.5, 0.6) is 5.75 Å². The second-order valence-corrected chi connectivity index (χ2v) is 3.51. The lowest BCUT2D eigenvalue weighted by molar-refractivity contribution is 0.274. The van der Waals surface area contributed by atoms with Crippen LogP contribution in [0, 0.1) is 5.82 Å². The SMILES string of the molecule is COc1c(C(N)CCO)ccc(Cl)c1F. The Hall–Kier alpha value is -0.840. The van der Waals surface area contributed by atoms with E-state index in [0.29, 0.717) is 12.0 Å². The highest BCUT2D eigenvalue weighted by molar-refractivity contribution is 6.30. The molecule has 5 heteroatoms. The Kier molecular flexibility index (Phi) is 4.32. The summed E-state index contributed by atoms with van der Waals surface area (Å²) in [5.41, 5.74) is 6.26. The number of hydrogen-bond donors (Lipinski definition) is 2. The zero-order valence-corrected chi connectivity index (χ0v) is 9.09. The third-order valence-electron chi connectivity index (χ3n) is 2.12. The van der Waals surface area contributed by atoms with E-state index in [9.17, 15) is 4.39 Å². The predicted molar refractivity (Wildman–Crippen MR) is 56.6 cm³/mol.